The van der Waals surface area contributed by atoms with E-state index in [1.807, 2.05) is 0 Å². The van der Waals surface area contributed by atoms with Crippen molar-refractivity contribution >= 4 is 0 Å². The number of ether oxygens (including phenoxy) is 1. The standard InChI is InChI=1S/C9H10N2O3/c12-10-6-4-8(11-13)7-2-1-3-14-9(7)5-6/h5-6H,1-4H2. The van der Waals surface area contributed by atoms with Crippen LogP contribution in [0.2, 0.25) is 0 Å². The molecule has 2 rings (SSSR count). The Bertz CT molecular complexity index is 333. The van der Waals surface area contributed by atoms with Crippen LogP contribution in [0.5, 0.6) is 0 Å². The van der Waals surface area contributed by atoms with Gasteiger partial charge in [-0.15, -0.1) is 4.91 Å². The second-order valence-corrected chi connectivity index (χ2v) is 3.38. The molecule has 0 radical (unpaired) electrons. The van der Waals surface area contributed by atoms with Gasteiger partial charge in [-0.25, -0.2) is 0 Å². The summed E-state index contributed by atoms with van der Waals surface area (Å²) < 4.78 is 5.35. The molecule has 1 atom stereocenters. The molecule has 5 nitrogen and oxygen atoms in total. The zero-order chi connectivity index (χ0) is 9.97. The van der Waals surface area contributed by atoms with E-state index in [0.717, 1.165) is 18.4 Å². The fourth-order valence-electron chi connectivity index (χ4n) is 1.79. The fraction of sp³-hybridized carbons (Fsp3) is 0.556. The predicted molar refractivity (Wildman–Crippen MR) is 50.3 cm³/mol. The second-order valence-electron chi connectivity index (χ2n) is 3.38. The number of nitrogens with zero attached hydrogens (tertiary/aromatic N) is 2. The van der Waals surface area contributed by atoms with E-state index in [-0.39, 0.29) is 0 Å². The maximum atomic E-state index is 10.5. The van der Waals surface area contributed by atoms with E-state index in [9.17, 15) is 9.81 Å². The molecule has 1 aliphatic heterocycles. The number of fused-ring (bicyclic) bond motifs is 1. The van der Waals surface area contributed by atoms with Crippen LogP contribution in [0.15, 0.2) is 33.5 Å². The van der Waals surface area contributed by atoms with Gasteiger partial charge >= 0.3 is 0 Å². The van der Waals surface area contributed by atoms with Gasteiger partial charge in [-0.2, -0.15) is 4.91 Å². The number of hydrogen-bond donors (Lipinski definition) is 0. The first-order valence-electron chi connectivity index (χ1n) is 4.58. The highest BCUT2D eigenvalue weighted by molar-refractivity contribution is 5.37. The summed E-state index contributed by atoms with van der Waals surface area (Å²) in [5, 5.41) is 5.84. The molecule has 0 spiro atoms. The van der Waals surface area contributed by atoms with E-state index >= 15 is 0 Å². The van der Waals surface area contributed by atoms with Gasteiger partial charge in [0.1, 0.15) is 11.8 Å². The lowest BCUT2D eigenvalue weighted by atomic mass is 9.94. The van der Waals surface area contributed by atoms with E-state index in [2.05, 4.69) is 10.4 Å². The lowest BCUT2D eigenvalue weighted by molar-refractivity contribution is 0.189. The van der Waals surface area contributed by atoms with Crippen molar-refractivity contribution in [3.05, 3.63) is 32.9 Å². The molecule has 1 fully saturated rings. The maximum absolute atomic E-state index is 10.5. The van der Waals surface area contributed by atoms with Crippen molar-refractivity contribution in [2.24, 2.45) is 10.4 Å². The van der Waals surface area contributed by atoms with Crippen molar-refractivity contribution in [3.63, 3.8) is 0 Å². The fourth-order valence-corrected chi connectivity index (χ4v) is 1.79. The molecule has 5 heteroatoms. The van der Waals surface area contributed by atoms with E-state index in [1.165, 1.54) is 0 Å². The van der Waals surface area contributed by atoms with Gasteiger partial charge in [-0.1, -0.05) is 5.18 Å². The van der Waals surface area contributed by atoms with Gasteiger partial charge in [0.2, 0.25) is 0 Å². The van der Waals surface area contributed by atoms with Crippen LogP contribution in [0.4, 0.5) is 0 Å². The van der Waals surface area contributed by atoms with E-state index in [1.54, 1.807) is 6.08 Å². The van der Waals surface area contributed by atoms with Crippen molar-refractivity contribution in [1.29, 1.82) is 0 Å². The highest BCUT2D eigenvalue weighted by atomic mass is 16.5. The Labute approximate surface area is 80.8 Å². The molecule has 2 aliphatic rings. The zero-order valence-corrected chi connectivity index (χ0v) is 7.60. The molecule has 0 saturated carbocycles. The Hall–Kier alpha value is -1.52. The minimum Gasteiger partial charge on any atom is -0.493 e. The lowest BCUT2D eigenvalue weighted by Crippen LogP contribution is -2.17. The molecule has 0 aromatic rings. The number of hydrogen-bond acceptors (Lipinski definition) is 5. The molecule has 0 aromatic carbocycles. The molecule has 14 heavy (non-hydrogen) atoms. The third-order valence-electron chi connectivity index (χ3n) is 2.47. The second kappa shape index (κ2) is 3.69. The first-order chi connectivity index (χ1) is 6.85. The molecular weight excluding hydrogens is 184 g/mol. The summed E-state index contributed by atoms with van der Waals surface area (Å²) in [6, 6.07) is -0.500. The Morgan fingerprint density at radius 3 is 3.00 bits per heavy atom. The molecule has 1 saturated heterocycles. The van der Waals surface area contributed by atoms with Crippen LogP contribution >= 0.6 is 0 Å². The van der Waals surface area contributed by atoms with Gasteiger partial charge < -0.3 is 4.74 Å². The summed E-state index contributed by atoms with van der Waals surface area (Å²) in [6.07, 6.45) is 3.69. The van der Waals surface area contributed by atoms with Gasteiger partial charge in [0, 0.05) is 12.0 Å². The molecule has 0 amide bonds. The van der Waals surface area contributed by atoms with Gasteiger partial charge in [-0.3, -0.25) is 0 Å². The largest absolute Gasteiger partial charge is 0.493 e. The highest BCUT2D eigenvalue weighted by Crippen LogP contribution is 2.34. The van der Waals surface area contributed by atoms with Crippen molar-refractivity contribution < 1.29 is 4.74 Å². The Morgan fingerprint density at radius 2 is 2.29 bits per heavy atom. The Morgan fingerprint density at radius 1 is 1.43 bits per heavy atom. The monoisotopic (exact) mass is 194 g/mol. The number of allylic oxidation sites excluding steroid dienone is 1. The lowest BCUT2D eigenvalue weighted by Gasteiger charge is -2.24. The molecule has 0 aromatic heterocycles. The van der Waals surface area contributed by atoms with Crippen molar-refractivity contribution in [1.82, 2.24) is 0 Å². The molecule has 1 unspecified atom stereocenters. The molecular formula is C9H10N2O3. The van der Waals surface area contributed by atoms with Crippen LogP contribution in [-0.2, 0) is 4.74 Å². The summed E-state index contributed by atoms with van der Waals surface area (Å²) >= 11 is 0. The minimum atomic E-state index is -0.500. The average Bonchev–Trinajstić information content (AvgIpc) is 2.27. The summed E-state index contributed by atoms with van der Waals surface area (Å²) in [7, 11) is 0. The molecule has 74 valence electrons. The molecule has 0 N–H and O–H groups in total. The predicted octanol–water partition coefficient (Wildman–Crippen LogP) is 2.24. The maximum Gasteiger partial charge on any atom is 0.122 e. The zero-order valence-electron chi connectivity index (χ0n) is 7.60. The molecule has 1 aliphatic carbocycles. The minimum absolute atomic E-state index is 0.315. The van der Waals surface area contributed by atoms with Gasteiger partial charge in [-0.05, 0) is 24.1 Å². The van der Waals surface area contributed by atoms with Crippen molar-refractivity contribution in [2.75, 3.05) is 6.61 Å². The SMILES string of the molecule is O=NC1=C2CCCOC2=CC(N=O)C1. The van der Waals surface area contributed by atoms with Gasteiger partial charge in [0.15, 0.2) is 0 Å². The van der Waals surface area contributed by atoms with E-state index < -0.39 is 6.04 Å². The summed E-state index contributed by atoms with van der Waals surface area (Å²) in [5.41, 5.74) is 1.28. The van der Waals surface area contributed by atoms with Crippen LogP contribution < -0.4 is 0 Å². The van der Waals surface area contributed by atoms with Crippen LogP contribution in [-0.4, -0.2) is 12.6 Å². The number of nitroso groups, excluding NO2 is 2. The summed E-state index contributed by atoms with van der Waals surface area (Å²) in [6.45, 7) is 0.632. The van der Waals surface area contributed by atoms with Crippen molar-refractivity contribution in [3.8, 4) is 0 Å². The summed E-state index contributed by atoms with van der Waals surface area (Å²) in [5.74, 6) is 0.627. The third-order valence-corrected chi connectivity index (χ3v) is 2.47. The van der Waals surface area contributed by atoms with E-state index in [4.69, 9.17) is 4.74 Å². The van der Waals surface area contributed by atoms with Gasteiger partial charge in [0.05, 0.1) is 12.3 Å². The van der Waals surface area contributed by atoms with E-state index in [0.29, 0.717) is 24.5 Å². The summed E-state index contributed by atoms with van der Waals surface area (Å²) in [4.78, 5) is 20.9. The van der Waals surface area contributed by atoms with Gasteiger partial charge in [0.25, 0.3) is 0 Å². The molecule has 0 bridgehead atoms. The van der Waals surface area contributed by atoms with Crippen molar-refractivity contribution in [2.45, 2.75) is 25.3 Å². The Balaban J connectivity index is 2.34. The smallest absolute Gasteiger partial charge is 0.122 e. The first kappa shape index (κ1) is 9.05. The Kier molecular flexibility index (Phi) is 2.39. The number of rotatable bonds is 2. The highest BCUT2D eigenvalue weighted by Gasteiger charge is 2.26. The quantitative estimate of drug-likeness (QED) is 0.633. The first-order valence-corrected chi connectivity index (χ1v) is 4.58. The van der Waals surface area contributed by atoms with Crippen LogP contribution in [0.1, 0.15) is 19.3 Å². The normalized spacial score (nSPS) is 26.0. The third kappa shape index (κ3) is 1.45. The van der Waals surface area contributed by atoms with Crippen LogP contribution in [0, 0.1) is 9.81 Å². The topological polar surface area (TPSA) is 68.1 Å². The average molecular weight is 194 g/mol. The van der Waals surface area contributed by atoms with Crippen LogP contribution in [0.25, 0.3) is 0 Å². The molecule has 1 heterocycles. The van der Waals surface area contributed by atoms with Crippen LogP contribution in [0.3, 0.4) is 0 Å².